The third-order valence-corrected chi connectivity index (χ3v) is 3.33. The van der Waals surface area contributed by atoms with Crippen LogP contribution in [-0.4, -0.2) is 19.7 Å². The molecule has 0 radical (unpaired) electrons. The standard InChI is InChI=1S/C9H10ClN5S/c1-15-8(11)13-14-9(15)16-5-6-2-3-12-7(10)4-6/h2-4H,5H2,1H3,(H2,11,13). The number of nitrogens with two attached hydrogens (primary N) is 1. The molecule has 5 nitrogen and oxygen atoms in total. The Hall–Kier alpha value is -1.27. The summed E-state index contributed by atoms with van der Waals surface area (Å²) in [4.78, 5) is 3.92. The molecule has 0 aliphatic rings. The van der Waals surface area contributed by atoms with Gasteiger partial charge in [-0.2, -0.15) is 0 Å². The highest BCUT2D eigenvalue weighted by molar-refractivity contribution is 7.98. The maximum atomic E-state index is 5.79. The van der Waals surface area contributed by atoms with Crippen LogP contribution in [0.25, 0.3) is 0 Å². The minimum atomic E-state index is 0.412. The molecule has 0 spiro atoms. The van der Waals surface area contributed by atoms with Crippen molar-refractivity contribution in [3.63, 3.8) is 0 Å². The molecule has 84 valence electrons. The van der Waals surface area contributed by atoms with E-state index in [0.717, 1.165) is 16.5 Å². The predicted molar refractivity (Wildman–Crippen MR) is 64.2 cm³/mol. The van der Waals surface area contributed by atoms with E-state index >= 15 is 0 Å². The van der Waals surface area contributed by atoms with E-state index in [1.807, 2.05) is 19.2 Å². The number of rotatable bonds is 3. The van der Waals surface area contributed by atoms with Crippen LogP contribution < -0.4 is 5.73 Å². The van der Waals surface area contributed by atoms with Gasteiger partial charge in [-0.05, 0) is 17.7 Å². The highest BCUT2D eigenvalue weighted by Crippen LogP contribution is 2.22. The highest BCUT2D eigenvalue weighted by atomic mass is 35.5. The van der Waals surface area contributed by atoms with Crippen molar-refractivity contribution in [1.82, 2.24) is 19.7 Å². The van der Waals surface area contributed by atoms with Gasteiger partial charge in [-0.15, -0.1) is 10.2 Å². The lowest BCUT2D eigenvalue weighted by atomic mass is 10.3. The predicted octanol–water partition coefficient (Wildman–Crippen LogP) is 1.74. The second-order valence-corrected chi connectivity index (χ2v) is 4.51. The second kappa shape index (κ2) is 4.71. The van der Waals surface area contributed by atoms with E-state index in [4.69, 9.17) is 17.3 Å². The fourth-order valence-electron chi connectivity index (χ4n) is 1.13. The Morgan fingerprint density at radius 2 is 2.31 bits per heavy atom. The maximum absolute atomic E-state index is 5.79. The molecule has 0 aliphatic heterocycles. The minimum absolute atomic E-state index is 0.412. The summed E-state index contributed by atoms with van der Waals surface area (Å²) in [5, 5.41) is 9.01. The molecule has 0 amide bonds. The van der Waals surface area contributed by atoms with Crippen molar-refractivity contribution in [2.45, 2.75) is 10.9 Å². The number of thioether (sulfide) groups is 1. The summed E-state index contributed by atoms with van der Waals surface area (Å²) < 4.78 is 1.74. The van der Waals surface area contributed by atoms with Crippen LogP contribution in [-0.2, 0) is 12.8 Å². The van der Waals surface area contributed by atoms with E-state index in [2.05, 4.69) is 15.2 Å². The molecule has 16 heavy (non-hydrogen) atoms. The Bertz CT molecular complexity index is 498. The van der Waals surface area contributed by atoms with E-state index in [9.17, 15) is 0 Å². The van der Waals surface area contributed by atoms with Gasteiger partial charge in [-0.1, -0.05) is 23.4 Å². The molecule has 7 heteroatoms. The van der Waals surface area contributed by atoms with Gasteiger partial charge in [-0.3, -0.25) is 4.57 Å². The zero-order valence-corrected chi connectivity index (χ0v) is 10.2. The largest absolute Gasteiger partial charge is 0.368 e. The first kappa shape index (κ1) is 11.2. The molecule has 0 bridgehead atoms. The summed E-state index contributed by atoms with van der Waals surface area (Å²) in [5.41, 5.74) is 6.67. The Morgan fingerprint density at radius 3 is 2.94 bits per heavy atom. The van der Waals surface area contributed by atoms with E-state index in [-0.39, 0.29) is 0 Å². The molecule has 2 aromatic heterocycles. The Kier molecular flexibility index (Phi) is 3.31. The lowest BCUT2D eigenvalue weighted by Gasteiger charge is -2.01. The molecule has 2 aromatic rings. The van der Waals surface area contributed by atoms with Gasteiger partial charge in [0.2, 0.25) is 5.95 Å². The summed E-state index contributed by atoms with van der Waals surface area (Å²) in [6.45, 7) is 0. The van der Waals surface area contributed by atoms with E-state index < -0.39 is 0 Å². The van der Waals surface area contributed by atoms with Gasteiger partial charge in [0.15, 0.2) is 5.16 Å². The quantitative estimate of drug-likeness (QED) is 0.668. The molecule has 2 rings (SSSR count). The first-order valence-corrected chi connectivity index (χ1v) is 5.91. The van der Waals surface area contributed by atoms with Crippen molar-refractivity contribution >= 4 is 29.3 Å². The lowest BCUT2D eigenvalue weighted by molar-refractivity contribution is 0.796. The first-order valence-electron chi connectivity index (χ1n) is 4.55. The van der Waals surface area contributed by atoms with Gasteiger partial charge < -0.3 is 5.73 Å². The molecule has 2 heterocycles. The van der Waals surface area contributed by atoms with Crippen LogP contribution in [0.4, 0.5) is 5.95 Å². The lowest BCUT2D eigenvalue weighted by Crippen LogP contribution is -1.98. The maximum Gasteiger partial charge on any atom is 0.222 e. The minimum Gasteiger partial charge on any atom is -0.368 e. The third-order valence-electron chi connectivity index (χ3n) is 2.03. The number of nitrogens with zero attached hydrogens (tertiary/aromatic N) is 4. The second-order valence-electron chi connectivity index (χ2n) is 3.18. The SMILES string of the molecule is Cn1c(N)nnc1SCc1ccnc(Cl)c1. The van der Waals surface area contributed by atoms with Crippen LogP contribution in [0.1, 0.15) is 5.56 Å². The summed E-state index contributed by atoms with van der Waals surface area (Å²) in [7, 11) is 1.83. The third kappa shape index (κ3) is 2.45. The summed E-state index contributed by atoms with van der Waals surface area (Å²) in [6.07, 6.45) is 1.68. The van der Waals surface area contributed by atoms with Gasteiger partial charge in [0.25, 0.3) is 0 Å². The zero-order chi connectivity index (χ0) is 11.5. The monoisotopic (exact) mass is 255 g/mol. The smallest absolute Gasteiger partial charge is 0.222 e. The zero-order valence-electron chi connectivity index (χ0n) is 8.59. The molecular weight excluding hydrogens is 246 g/mol. The summed E-state index contributed by atoms with van der Waals surface area (Å²) >= 11 is 7.34. The van der Waals surface area contributed by atoms with E-state index in [1.54, 1.807) is 22.5 Å². The molecule has 0 saturated heterocycles. The number of anilines is 1. The molecule has 0 atom stereocenters. The van der Waals surface area contributed by atoms with Crippen LogP contribution in [0.3, 0.4) is 0 Å². The van der Waals surface area contributed by atoms with Crippen LogP contribution >= 0.6 is 23.4 Å². The van der Waals surface area contributed by atoms with Crippen molar-refractivity contribution in [3.8, 4) is 0 Å². The number of hydrogen-bond acceptors (Lipinski definition) is 5. The molecular formula is C9H10ClN5S. The number of aromatic nitrogens is 4. The molecule has 0 unspecified atom stereocenters. The summed E-state index contributed by atoms with van der Waals surface area (Å²) in [5.74, 6) is 1.17. The summed E-state index contributed by atoms with van der Waals surface area (Å²) in [6, 6.07) is 3.74. The first-order chi connectivity index (χ1) is 7.66. The van der Waals surface area contributed by atoms with E-state index in [0.29, 0.717) is 11.1 Å². The number of pyridine rings is 1. The van der Waals surface area contributed by atoms with Gasteiger partial charge >= 0.3 is 0 Å². The molecule has 0 aliphatic carbocycles. The number of nitrogen functional groups attached to an aromatic ring is 1. The average Bonchev–Trinajstić information content (AvgIpc) is 2.57. The number of hydrogen-bond donors (Lipinski definition) is 1. The van der Waals surface area contributed by atoms with Gasteiger partial charge in [-0.25, -0.2) is 4.98 Å². The molecule has 0 aromatic carbocycles. The van der Waals surface area contributed by atoms with Crippen LogP contribution in [0.15, 0.2) is 23.5 Å². The number of halogens is 1. The average molecular weight is 256 g/mol. The van der Waals surface area contributed by atoms with Gasteiger partial charge in [0, 0.05) is 19.0 Å². The van der Waals surface area contributed by atoms with Crippen molar-refractivity contribution in [2.24, 2.45) is 7.05 Å². The molecule has 2 N–H and O–H groups in total. The van der Waals surface area contributed by atoms with E-state index in [1.165, 1.54) is 0 Å². The molecule has 0 saturated carbocycles. The van der Waals surface area contributed by atoms with Crippen molar-refractivity contribution in [3.05, 3.63) is 29.0 Å². The fraction of sp³-hybridized carbons (Fsp3) is 0.222. The molecule has 0 fully saturated rings. The van der Waals surface area contributed by atoms with Crippen LogP contribution in [0.5, 0.6) is 0 Å². The van der Waals surface area contributed by atoms with Crippen molar-refractivity contribution in [2.75, 3.05) is 5.73 Å². The Balaban J connectivity index is 2.05. The topological polar surface area (TPSA) is 69.6 Å². The van der Waals surface area contributed by atoms with Crippen LogP contribution in [0.2, 0.25) is 5.15 Å². The fourth-order valence-corrected chi connectivity index (χ4v) is 2.19. The normalized spacial score (nSPS) is 10.6. The Labute approximate surface area is 102 Å². The van der Waals surface area contributed by atoms with Gasteiger partial charge in [0.1, 0.15) is 5.15 Å². The van der Waals surface area contributed by atoms with Crippen molar-refractivity contribution in [1.29, 1.82) is 0 Å². The Morgan fingerprint density at radius 1 is 1.50 bits per heavy atom. The van der Waals surface area contributed by atoms with Gasteiger partial charge in [0.05, 0.1) is 0 Å². The highest BCUT2D eigenvalue weighted by Gasteiger charge is 2.06. The van der Waals surface area contributed by atoms with Crippen LogP contribution in [0, 0.1) is 0 Å². The van der Waals surface area contributed by atoms with Crippen molar-refractivity contribution < 1.29 is 0 Å².